The number of aliphatic hydroxyl groups is 1. The highest BCUT2D eigenvalue weighted by Crippen LogP contribution is 2.60. The standard InChI is InChI=1S/C18H30O5/c1-11-6-7-14-12(2)15(5-4-10-19)20-16-18(14)13(11)8-9-17(3,21-16)22-23-18/h11-16,19H,4-10H2,1-3H3/t11-,12-,13+,14+,15-,16-,17?,18-/m1/s1. The zero-order valence-electron chi connectivity index (χ0n) is 14.5. The van der Waals surface area contributed by atoms with Crippen LogP contribution in [0.25, 0.3) is 0 Å². The van der Waals surface area contributed by atoms with Gasteiger partial charge in [-0.2, -0.15) is 0 Å². The molecule has 1 spiro atoms. The number of hydrogen-bond acceptors (Lipinski definition) is 5. The Balaban J connectivity index is 1.70. The van der Waals surface area contributed by atoms with Crippen LogP contribution in [0.5, 0.6) is 0 Å². The van der Waals surface area contributed by atoms with Crippen LogP contribution in [0.1, 0.15) is 59.3 Å². The van der Waals surface area contributed by atoms with Crippen molar-refractivity contribution in [2.45, 2.75) is 83.1 Å². The predicted molar refractivity (Wildman–Crippen MR) is 83.1 cm³/mol. The van der Waals surface area contributed by atoms with Gasteiger partial charge in [0.2, 0.25) is 5.79 Å². The molecule has 5 aliphatic rings. The summed E-state index contributed by atoms with van der Waals surface area (Å²) in [7, 11) is 0. The van der Waals surface area contributed by atoms with Gasteiger partial charge in [-0.05, 0) is 56.8 Å². The highest BCUT2D eigenvalue weighted by Gasteiger charge is 2.69. The summed E-state index contributed by atoms with van der Waals surface area (Å²) in [4.78, 5) is 11.9. The Kier molecular flexibility index (Phi) is 4.01. The molecule has 5 nitrogen and oxygen atoms in total. The molecule has 2 bridgehead atoms. The lowest BCUT2D eigenvalue weighted by atomic mass is 9.57. The van der Waals surface area contributed by atoms with E-state index in [1.165, 1.54) is 6.42 Å². The largest absolute Gasteiger partial charge is 0.396 e. The van der Waals surface area contributed by atoms with E-state index in [1.807, 2.05) is 6.92 Å². The number of hydrogen-bond donors (Lipinski definition) is 1. The minimum absolute atomic E-state index is 0.128. The van der Waals surface area contributed by atoms with E-state index in [4.69, 9.17) is 19.2 Å². The zero-order chi connectivity index (χ0) is 16.2. The first-order valence-electron chi connectivity index (χ1n) is 9.31. The molecule has 0 aromatic rings. The van der Waals surface area contributed by atoms with E-state index in [0.717, 1.165) is 32.1 Å². The molecule has 5 rings (SSSR count). The summed E-state index contributed by atoms with van der Waals surface area (Å²) >= 11 is 0. The van der Waals surface area contributed by atoms with Gasteiger partial charge in [0.05, 0.1) is 6.10 Å². The van der Waals surface area contributed by atoms with Gasteiger partial charge >= 0.3 is 0 Å². The lowest BCUT2D eigenvalue weighted by molar-refractivity contribution is -0.571. The highest BCUT2D eigenvalue weighted by atomic mass is 17.3. The first-order chi connectivity index (χ1) is 11.0. The third kappa shape index (κ3) is 2.31. The van der Waals surface area contributed by atoms with Crippen LogP contribution < -0.4 is 0 Å². The second-order valence-electron chi connectivity index (χ2n) is 8.31. The molecular formula is C18H30O5. The summed E-state index contributed by atoms with van der Waals surface area (Å²) in [6.45, 7) is 6.78. The van der Waals surface area contributed by atoms with Crippen molar-refractivity contribution >= 4 is 0 Å². The van der Waals surface area contributed by atoms with Crippen LogP contribution in [0.3, 0.4) is 0 Å². The molecule has 1 unspecified atom stereocenters. The maximum atomic E-state index is 9.19. The third-order valence-corrected chi connectivity index (χ3v) is 6.94. The van der Waals surface area contributed by atoms with Crippen molar-refractivity contribution in [3.8, 4) is 0 Å². The van der Waals surface area contributed by atoms with E-state index in [2.05, 4.69) is 13.8 Å². The molecule has 5 heteroatoms. The molecular weight excluding hydrogens is 296 g/mol. The summed E-state index contributed by atoms with van der Waals surface area (Å²) in [6.07, 6.45) is 5.73. The van der Waals surface area contributed by atoms with E-state index in [1.54, 1.807) is 0 Å². The number of aliphatic hydroxyl groups excluding tert-OH is 1. The number of ether oxygens (including phenoxy) is 2. The van der Waals surface area contributed by atoms with Gasteiger partial charge in [-0.25, -0.2) is 9.78 Å². The molecule has 0 aromatic carbocycles. The molecule has 0 radical (unpaired) electrons. The number of rotatable bonds is 3. The molecule has 23 heavy (non-hydrogen) atoms. The van der Waals surface area contributed by atoms with Crippen LogP contribution >= 0.6 is 0 Å². The van der Waals surface area contributed by atoms with Crippen LogP contribution in [-0.4, -0.2) is 35.5 Å². The molecule has 1 N–H and O–H groups in total. The number of fused-ring (bicyclic) bond motifs is 2. The molecule has 1 aliphatic carbocycles. The molecule has 0 aromatic heterocycles. The third-order valence-electron chi connectivity index (χ3n) is 6.94. The molecule has 1 saturated carbocycles. The Morgan fingerprint density at radius 3 is 2.70 bits per heavy atom. The first kappa shape index (κ1) is 16.3. The molecule has 0 amide bonds. The first-order valence-corrected chi connectivity index (χ1v) is 9.31. The lowest BCUT2D eigenvalue weighted by Crippen LogP contribution is -2.70. The van der Waals surface area contributed by atoms with Gasteiger partial charge in [0.1, 0.15) is 0 Å². The van der Waals surface area contributed by atoms with E-state index in [-0.39, 0.29) is 19.0 Å². The van der Waals surface area contributed by atoms with Crippen LogP contribution in [0.2, 0.25) is 0 Å². The Morgan fingerprint density at radius 1 is 1.09 bits per heavy atom. The lowest BCUT2D eigenvalue weighted by Gasteiger charge is -2.60. The van der Waals surface area contributed by atoms with Gasteiger partial charge in [-0.1, -0.05) is 13.8 Å². The van der Waals surface area contributed by atoms with Crippen molar-refractivity contribution in [2.75, 3.05) is 6.61 Å². The Bertz CT molecular complexity index is 457. The summed E-state index contributed by atoms with van der Waals surface area (Å²) < 4.78 is 12.7. The van der Waals surface area contributed by atoms with Gasteiger partial charge in [0.25, 0.3) is 0 Å². The van der Waals surface area contributed by atoms with Crippen molar-refractivity contribution in [2.24, 2.45) is 23.7 Å². The Labute approximate surface area is 138 Å². The maximum Gasteiger partial charge on any atom is 0.201 e. The van der Waals surface area contributed by atoms with Gasteiger partial charge < -0.3 is 14.6 Å². The van der Waals surface area contributed by atoms with E-state index < -0.39 is 11.4 Å². The Hall–Kier alpha value is -0.200. The van der Waals surface area contributed by atoms with Gasteiger partial charge in [0, 0.05) is 18.9 Å². The van der Waals surface area contributed by atoms with E-state index >= 15 is 0 Å². The fourth-order valence-electron chi connectivity index (χ4n) is 5.60. The van der Waals surface area contributed by atoms with Crippen LogP contribution in [0.4, 0.5) is 0 Å². The SMILES string of the molecule is C[C@H]1[C@@H](CCCO)O[C@@H]2OC3(C)CC[C@H]4[C@H](C)CC[C@@H]1[C@@]24OO3. The fraction of sp³-hybridized carbons (Fsp3) is 1.00. The second kappa shape index (κ2) is 5.67. The fourth-order valence-corrected chi connectivity index (χ4v) is 5.60. The quantitative estimate of drug-likeness (QED) is 0.808. The molecule has 4 heterocycles. The zero-order valence-corrected chi connectivity index (χ0v) is 14.5. The van der Waals surface area contributed by atoms with Gasteiger partial charge in [-0.3, -0.25) is 0 Å². The summed E-state index contributed by atoms with van der Waals surface area (Å²) in [5.41, 5.74) is -0.456. The predicted octanol–water partition coefficient (Wildman–Crippen LogP) is 3.01. The molecule has 132 valence electrons. The summed E-state index contributed by atoms with van der Waals surface area (Å²) in [5.74, 6) is 1.12. The minimum atomic E-state index is -0.695. The van der Waals surface area contributed by atoms with Crippen molar-refractivity contribution in [3.63, 3.8) is 0 Å². The molecule has 8 atom stereocenters. The van der Waals surface area contributed by atoms with Gasteiger partial charge in [-0.15, -0.1) is 0 Å². The summed E-state index contributed by atoms with van der Waals surface area (Å²) in [5, 5.41) is 9.19. The average molecular weight is 326 g/mol. The summed E-state index contributed by atoms with van der Waals surface area (Å²) in [6, 6.07) is 0. The van der Waals surface area contributed by atoms with Crippen LogP contribution in [0, 0.1) is 23.7 Å². The monoisotopic (exact) mass is 326 g/mol. The normalized spacial score (nSPS) is 55.3. The van der Waals surface area contributed by atoms with Crippen molar-refractivity contribution in [1.82, 2.24) is 0 Å². The van der Waals surface area contributed by atoms with Crippen molar-refractivity contribution in [3.05, 3.63) is 0 Å². The smallest absolute Gasteiger partial charge is 0.201 e. The molecule has 4 aliphatic heterocycles. The van der Waals surface area contributed by atoms with Crippen LogP contribution in [-0.2, 0) is 19.2 Å². The second-order valence-corrected chi connectivity index (χ2v) is 8.31. The molecule has 4 saturated heterocycles. The topological polar surface area (TPSA) is 57.2 Å². The van der Waals surface area contributed by atoms with E-state index in [9.17, 15) is 5.11 Å². The molecule has 5 fully saturated rings. The average Bonchev–Trinajstić information content (AvgIpc) is 2.76. The van der Waals surface area contributed by atoms with Gasteiger partial charge in [0.15, 0.2) is 11.9 Å². The maximum absolute atomic E-state index is 9.19. The Morgan fingerprint density at radius 2 is 1.91 bits per heavy atom. The van der Waals surface area contributed by atoms with Crippen LogP contribution in [0.15, 0.2) is 0 Å². The van der Waals surface area contributed by atoms with E-state index in [0.29, 0.717) is 23.7 Å². The minimum Gasteiger partial charge on any atom is -0.396 e. The highest BCUT2D eigenvalue weighted by molar-refractivity contribution is 5.09. The van der Waals surface area contributed by atoms with Crippen molar-refractivity contribution in [1.29, 1.82) is 0 Å². The van der Waals surface area contributed by atoms with Crippen molar-refractivity contribution < 1.29 is 24.4 Å².